The predicted octanol–water partition coefficient (Wildman–Crippen LogP) is -0.881. The van der Waals surface area contributed by atoms with Crippen molar-refractivity contribution in [1.29, 1.82) is 0 Å². The van der Waals surface area contributed by atoms with Gasteiger partial charge in [-0.15, -0.1) is 0 Å². The summed E-state index contributed by atoms with van der Waals surface area (Å²) in [6.45, 7) is 0. The van der Waals surface area contributed by atoms with E-state index in [1.165, 1.54) is 0 Å². The van der Waals surface area contributed by atoms with E-state index in [-0.39, 0.29) is 0 Å². The fraction of sp³-hybridized carbons (Fsp3) is 0.400. The van der Waals surface area contributed by atoms with E-state index in [4.69, 9.17) is 5.11 Å². The lowest BCUT2D eigenvalue weighted by atomic mass is 10.6. The Hall–Kier alpha value is -1.02. The maximum Gasteiger partial charge on any atom is 0.381 e. The van der Waals surface area contributed by atoms with E-state index in [1.54, 1.807) is 5.92 Å². The van der Waals surface area contributed by atoms with Gasteiger partial charge in [-0.25, -0.2) is 13.2 Å². The number of sulfone groups is 1. The minimum Gasteiger partial charge on any atom is -0.472 e. The van der Waals surface area contributed by atoms with Gasteiger partial charge in [0.1, 0.15) is 5.75 Å². The summed E-state index contributed by atoms with van der Waals surface area (Å²) in [4.78, 5) is 9.72. The van der Waals surface area contributed by atoms with Crippen LogP contribution < -0.4 is 0 Å². The number of rotatable bonds is 1. The molecule has 0 bridgehead atoms. The van der Waals surface area contributed by atoms with Gasteiger partial charge in [-0.3, -0.25) is 0 Å². The average Bonchev–Trinajstić information content (AvgIpc) is 1.59. The highest BCUT2D eigenvalue weighted by molar-refractivity contribution is 7.90. The smallest absolute Gasteiger partial charge is 0.381 e. The summed E-state index contributed by atoms with van der Waals surface area (Å²) >= 11 is 0. The molecule has 0 unspecified atom stereocenters. The molecule has 0 heterocycles. The Kier molecular flexibility index (Phi) is 2.90. The predicted molar refractivity (Wildman–Crippen MR) is 35.1 cm³/mol. The molecule has 0 amide bonds. The van der Waals surface area contributed by atoms with Gasteiger partial charge in [0, 0.05) is 12.2 Å². The van der Waals surface area contributed by atoms with Gasteiger partial charge >= 0.3 is 5.97 Å². The Morgan fingerprint density at radius 1 is 1.60 bits per heavy atom. The number of hydrogen-bond acceptors (Lipinski definition) is 3. The molecule has 0 saturated heterocycles. The largest absolute Gasteiger partial charge is 0.472 e. The van der Waals surface area contributed by atoms with E-state index in [2.05, 4.69) is 0 Å². The third kappa shape index (κ3) is 6.98. The molecule has 4 nitrogen and oxygen atoms in total. The van der Waals surface area contributed by atoms with Gasteiger partial charge in [0.15, 0.2) is 9.84 Å². The zero-order chi connectivity index (χ0) is 8.20. The van der Waals surface area contributed by atoms with Gasteiger partial charge < -0.3 is 5.11 Å². The molecule has 0 rings (SSSR count). The lowest BCUT2D eigenvalue weighted by molar-refractivity contribution is -0.130. The van der Waals surface area contributed by atoms with Crippen molar-refractivity contribution in [3.05, 3.63) is 0 Å². The van der Waals surface area contributed by atoms with E-state index in [0.717, 1.165) is 6.26 Å². The fourth-order valence-electron chi connectivity index (χ4n) is 0.243. The molecule has 0 fully saturated rings. The fourth-order valence-corrected chi connectivity index (χ4v) is 0.577. The Bertz CT molecular complexity index is 277. The minimum atomic E-state index is -3.16. The highest BCUT2D eigenvalue weighted by Gasteiger charge is 1.96. The number of carbonyl (C=O) groups is 1. The summed E-state index contributed by atoms with van der Waals surface area (Å²) in [7, 11) is -3.16. The normalized spacial score (nSPS) is 9.70. The Balaban J connectivity index is 4.04. The Morgan fingerprint density at radius 3 is 2.40 bits per heavy atom. The van der Waals surface area contributed by atoms with Gasteiger partial charge in [-0.05, 0) is 0 Å². The van der Waals surface area contributed by atoms with Crippen LogP contribution in [0.25, 0.3) is 0 Å². The standard InChI is InChI=1S/C5H6O4S/c1-10(8,9)4-2-3-5(6)7/h4H2,1H3,(H,6,7). The second kappa shape index (κ2) is 3.22. The molecule has 0 aromatic heterocycles. The maximum absolute atomic E-state index is 10.3. The van der Waals surface area contributed by atoms with E-state index >= 15 is 0 Å². The molecule has 0 spiro atoms. The summed E-state index contributed by atoms with van der Waals surface area (Å²) in [5.41, 5.74) is 0. The van der Waals surface area contributed by atoms with Gasteiger partial charge in [-0.1, -0.05) is 5.92 Å². The van der Waals surface area contributed by atoms with Gasteiger partial charge in [0.25, 0.3) is 0 Å². The first-order valence-corrected chi connectivity index (χ1v) is 4.37. The molecular weight excluding hydrogens is 156 g/mol. The van der Waals surface area contributed by atoms with Crippen molar-refractivity contribution in [3.63, 3.8) is 0 Å². The zero-order valence-corrected chi connectivity index (χ0v) is 6.10. The van der Waals surface area contributed by atoms with Crippen LogP contribution in [0, 0.1) is 11.8 Å². The van der Waals surface area contributed by atoms with Gasteiger partial charge in [0.05, 0.1) is 0 Å². The lowest BCUT2D eigenvalue weighted by Gasteiger charge is -1.82. The second-order valence-corrected chi connectivity index (χ2v) is 3.82. The van der Waals surface area contributed by atoms with E-state index < -0.39 is 21.6 Å². The average molecular weight is 162 g/mol. The summed E-state index contributed by atoms with van der Waals surface area (Å²) in [6, 6.07) is 0. The highest BCUT2D eigenvalue weighted by atomic mass is 32.2. The van der Waals surface area contributed by atoms with Crippen molar-refractivity contribution in [2.75, 3.05) is 12.0 Å². The van der Waals surface area contributed by atoms with Crippen molar-refractivity contribution >= 4 is 15.8 Å². The van der Waals surface area contributed by atoms with Crippen LogP contribution in [0.5, 0.6) is 0 Å². The summed E-state index contributed by atoms with van der Waals surface area (Å²) in [6.07, 6.45) is 0.990. The number of carboxylic acids is 1. The third-order valence-corrected chi connectivity index (χ3v) is 1.20. The maximum atomic E-state index is 10.3. The first-order valence-electron chi connectivity index (χ1n) is 2.31. The van der Waals surface area contributed by atoms with Crippen molar-refractivity contribution in [3.8, 4) is 11.8 Å². The molecule has 0 atom stereocenters. The quantitative estimate of drug-likeness (QED) is 0.508. The molecular formula is C5H6O4S. The van der Waals surface area contributed by atoms with Crippen LogP contribution in [0.15, 0.2) is 0 Å². The molecule has 0 aliphatic heterocycles. The molecule has 0 aromatic rings. The van der Waals surface area contributed by atoms with Crippen molar-refractivity contribution < 1.29 is 18.3 Å². The van der Waals surface area contributed by atoms with Crippen molar-refractivity contribution in [2.45, 2.75) is 0 Å². The van der Waals surface area contributed by atoms with Gasteiger partial charge in [0.2, 0.25) is 0 Å². The van der Waals surface area contributed by atoms with E-state index in [9.17, 15) is 13.2 Å². The topological polar surface area (TPSA) is 71.4 Å². The van der Waals surface area contributed by atoms with Crippen LogP contribution in [0.2, 0.25) is 0 Å². The molecule has 0 radical (unpaired) electrons. The first kappa shape index (κ1) is 8.98. The molecule has 5 heteroatoms. The minimum absolute atomic E-state index is 0.403. The summed E-state index contributed by atoms with van der Waals surface area (Å²) < 4.78 is 20.6. The lowest BCUT2D eigenvalue weighted by Crippen LogP contribution is -2.00. The SMILES string of the molecule is CS(=O)(=O)CC#CC(=O)O. The monoisotopic (exact) mass is 162 g/mol. The molecule has 1 N–H and O–H groups in total. The van der Waals surface area contributed by atoms with Crippen LogP contribution in [0.1, 0.15) is 0 Å². The van der Waals surface area contributed by atoms with Crippen LogP contribution in [-0.4, -0.2) is 31.5 Å². The third-order valence-electron chi connectivity index (χ3n) is 0.530. The molecule has 10 heavy (non-hydrogen) atoms. The number of carboxylic acid groups (broad SMARTS) is 1. The van der Waals surface area contributed by atoms with Crippen LogP contribution in [0.3, 0.4) is 0 Å². The summed E-state index contributed by atoms with van der Waals surface area (Å²) in [5, 5.41) is 7.94. The Morgan fingerprint density at radius 2 is 2.10 bits per heavy atom. The molecule has 0 aliphatic carbocycles. The van der Waals surface area contributed by atoms with Crippen LogP contribution in [0.4, 0.5) is 0 Å². The van der Waals surface area contributed by atoms with E-state index in [1.807, 2.05) is 5.92 Å². The molecule has 0 aliphatic rings. The molecule has 56 valence electrons. The first-order chi connectivity index (χ1) is 4.42. The zero-order valence-electron chi connectivity index (χ0n) is 5.29. The van der Waals surface area contributed by atoms with E-state index in [0.29, 0.717) is 0 Å². The Labute approximate surface area is 58.8 Å². The molecule has 0 aromatic carbocycles. The van der Waals surface area contributed by atoms with Crippen LogP contribution in [-0.2, 0) is 14.6 Å². The van der Waals surface area contributed by atoms with Crippen LogP contribution >= 0.6 is 0 Å². The molecule has 0 saturated carbocycles. The highest BCUT2D eigenvalue weighted by Crippen LogP contribution is 1.77. The van der Waals surface area contributed by atoms with Crippen molar-refractivity contribution in [2.24, 2.45) is 0 Å². The number of aliphatic carboxylic acids is 1. The van der Waals surface area contributed by atoms with Crippen molar-refractivity contribution in [1.82, 2.24) is 0 Å². The number of hydrogen-bond donors (Lipinski definition) is 1. The van der Waals surface area contributed by atoms with Gasteiger partial charge in [-0.2, -0.15) is 0 Å². The second-order valence-electron chi connectivity index (χ2n) is 1.68. The summed E-state index contributed by atoms with van der Waals surface area (Å²) in [5.74, 6) is 1.96.